The number of aromatic carboxylic acids is 1. The number of rotatable bonds is 3. The SMILES string of the molecule is CC1CN(c2cnc(C(C)C)nc2C(=O)O)CCO1. The minimum absolute atomic E-state index is 0.0767. The van der Waals surface area contributed by atoms with Crippen molar-refractivity contribution >= 4 is 11.7 Å². The molecule has 0 amide bonds. The fourth-order valence-corrected chi connectivity index (χ4v) is 2.09. The third-order valence-electron chi connectivity index (χ3n) is 3.09. The molecule has 19 heavy (non-hydrogen) atoms. The van der Waals surface area contributed by atoms with E-state index in [9.17, 15) is 9.90 Å². The number of nitrogens with zero attached hydrogens (tertiary/aromatic N) is 3. The molecule has 1 aromatic heterocycles. The Kier molecular flexibility index (Phi) is 3.99. The summed E-state index contributed by atoms with van der Waals surface area (Å²) in [4.78, 5) is 21.8. The van der Waals surface area contributed by atoms with Crippen LogP contribution in [-0.4, -0.2) is 46.8 Å². The number of morpholine rings is 1. The zero-order valence-electron chi connectivity index (χ0n) is 11.5. The summed E-state index contributed by atoms with van der Waals surface area (Å²) in [6.45, 7) is 7.76. The molecule has 0 saturated carbocycles. The summed E-state index contributed by atoms with van der Waals surface area (Å²) in [5.41, 5.74) is 0.653. The first-order valence-electron chi connectivity index (χ1n) is 6.45. The van der Waals surface area contributed by atoms with E-state index in [0.29, 0.717) is 31.2 Å². The molecule has 0 bridgehead atoms. The van der Waals surface area contributed by atoms with Gasteiger partial charge in [-0.05, 0) is 6.92 Å². The van der Waals surface area contributed by atoms with Crippen molar-refractivity contribution < 1.29 is 14.6 Å². The largest absolute Gasteiger partial charge is 0.476 e. The van der Waals surface area contributed by atoms with Crippen LogP contribution in [0.15, 0.2) is 6.20 Å². The summed E-state index contributed by atoms with van der Waals surface area (Å²) in [7, 11) is 0. The molecule has 1 fully saturated rings. The molecule has 1 aromatic rings. The van der Waals surface area contributed by atoms with Crippen LogP contribution in [0, 0.1) is 0 Å². The Hall–Kier alpha value is -1.69. The lowest BCUT2D eigenvalue weighted by atomic mass is 10.2. The summed E-state index contributed by atoms with van der Waals surface area (Å²) < 4.78 is 5.46. The zero-order valence-corrected chi connectivity index (χ0v) is 11.5. The van der Waals surface area contributed by atoms with E-state index >= 15 is 0 Å². The monoisotopic (exact) mass is 265 g/mol. The number of ether oxygens (including phenoxy) is 1. The van der Waals surface area contributed by atoms with Gasteiger partial charge in [-0.25, -0.2) is 14.8 Å². The number of hydrogen-bond donors (Lipinski definition) is 1. The number of carboxylic acid groups (broad SMARTS) is 1. The predicted octanol–water partition coefficient (Wildman–Crippen LogP) is 1.52. The van der Waals surface area contributed by atoms with Gasteiger partial charge < -0.3 is 14.7 Å². The molecule has 1 unspecified atom stereocenters. The van der Waals surface area contributed by atoms with E-state index < -0.39 is 5.97 Å². The fraction of sp³-hybridized carbons (Fsp3) is 0.615. The number of carbonyl (C=O) groups is 1. The molecule has 2 heterocycles. The molecular weight excluding hydrogens is 246 g/mol. The van der Waals surface area contributed by atoms with Gasteiger partial charge in [-0.15, -0.1) is 0 Å². The lowest BCUT2D eigenvalue weighted by Crippen LogP contribution is -2.42. The maximum atomic E-state index is 11.4. The zero-order chi connectivity index (χ0) is 14.0. The van der Waals surface area contributed by atoms with Crippen LogP contribution < -0.4 is 4.90 Å². The van der Waals surface area contributed by atoms with Crippen molar-refractivity contribution in [3.8, 4) is 0 Å². The summed E-state index contributed by atoms with van der Waals surface area (Å²) >= 11 is 0. The van der Waals surface area contributed by atoms with Crippen LogP contribution in [-0.2, 0) is 4.74 Å². The average molecular weight is 265 g/mol. The molecule has 1 atom stereocenters. The number of anilines is 1. The standard InChI is InChI=1S/C13H19N3O3/c1-8(2)12-14-6-10(11(15-12)13(17)18)16-4-5-19-9(3)7-16/h6,8-9H,4-5,7H2,1-3H3,(H,17,18). The van der Waals surface area contributed by atoms with Gasteiger partial charge in [0, 0.05) is 19.0 Å². The van der Waals surface area contributed by atoms with Gasteiger partial charge in [0.2, 0.25) is 0 Å². The molecule has 2 rings (SSSR count). The summed E-state index contributed by atoms with van der Waals surface area (Å²) in [6.07, 6.45) is 1.70. The first kappa shape index (κ1) is 13.7. The lowest BCUT2D eigenvalue weighted by Gasteiger charge is -2.33. The second-order valence-electron chi connectivity index (χ2n) is 5.05. The third kappa shape index (κ3) is 3.01. The van der Waals surface area contributed by atoms with Crippen molar-refractivity contribution in [2.45, 2.75) is 32.8 Å². The molecule has 0 spiro atoms. The summed E-state index contributed by atoms with van der Waals surface area (Å²) in [6, 6.07) is 0. The van der Waals surface area contributed by atoms with Crippen LogP contribution in [0.5, 0.6) is 0 Å². The van der Waals surface area contributed by atoms with E-state index in [-0.39, 0.29) is 17.7 Å². The van der Waals surface area contributed by atoms with Gasteiger partial charge in [-0.2, -0.15) is 0 Å². The van der Waals surface area contributed by atoms with Gasteiger partial charge in [0.1, 0.15) is 5.82 Å². The Morgan fingerprint density at radius 1 is 1.58 bits per heavy atom. The van der Waals surface area contributed by atoms with Gasteiger partial charge in [-0.3, -0.25) is 0 Å². The van der Waals surface area contributed by atoms with E-state index in [1.54, 1.807) is 6.20 Å². The molecule has 1 aliphatic heterocycles. The molecule has 0 aromatic carbocycles. The average Bonchev–Trinajstić information content (AvgIpc) is 2.37. The number of carboxylic acids is 1. The molecule has 104 valence electrons. The lowest BCUT2D eigenvalue weighted by molar-refractivity contribution is 0.0526. The van der Waals surface area contributed by atoms with Gasteiger partial charge in [0.15, 0.2) is 5.69 Å². The first-order valence-corrected chi connectivity index (χ1v) is 6.45. The smallest absolute Gasteiger partial charge is 0.356 e. The van der Waals surface area contributed by atoms with Crippen molar-refractivity contribution in [3.05, 3.63) is 17.7 Å². The highest BCUT2D eigenvalue weighted by molar-refractivity contribution is 5.92. The van der Waals surface area contributed by atoms with Crippen LogP contribution in [0.4, 0.5) is 5.69 Å². The van der Waals surface area contributed by atoms with Gasteiger partial charge in [0.25, 0.3) is 0 Å². The van der Waals surface area contributed by atoms with Crippen molar-refractivity contribution in [3.63, 3.8) is 0 Å². The van der Waals surface area contributed by atoms with Crippen molar-refractivity contribution in [1.29, 1.82) is 0 Å². The minimum Gasteiger partial charge on any atom is -0.476 e. The van der Waals surface area contributed by atoms with E-state index in [2.05, 4.69) is 9.97 Å². The molecule has 0 radical (unpaired) electrons. The quantitative estimate of drug-likeness (QED) is 0.893. The predicted molar refractivity (Wildman–Crippen MR) is 70.7 cm³/mol. The Bertz CT molecular complexity index is 476. The molecule has 6 nitrogen and oxygen atoms in total. The van der Waals surface area contributed by atoms with Crippen molar-refractivity contribution in [2.24, 2.45) is 0 Å². The van der Waals surface area contributed by atoms with E-state index in [1.165, 1.54) is 0 Å². The van der Waals surface area contributed by atoms with Crippen molar-refractivity contribution in [1.82, 2.24) is 9.97 Å². The van der Waals surface area contributed by atoms with Crippen LogP contribution >= 0.6 is 0 Å². The van der Waals surface area contributed by atoms with Crippen molar-refractivity contribution in [2.75, 3.05) is 24.6 Å². The Morgan fingerprint density at radius 3 is 2.89 bits per heavy atom. The van der Waals surface area contributed by atoms with Crippen LogP contribution in [0.25, 0.3) is 0 Å². The van der Waals surface area contributed by atoms with Gasteiger partial charge in [0.05, 0.1) is 24.6 Å². The highest BCUT2D eigenvalue weighted by Crippen LogP contribution is 2.22. The Balaban J connectivity index is 2.36. The second kappa shape index (κ2) is 5.52. The first-order chi connectivity index (χ1) is 8.99. The van der Waals surface area contributed by atoms with E-state index in [1.807, 2.05) is 25.7 Å². The molecule has 1 N–H and O–H groups in total. The third-order valence-corrected chi connectivity index (χ3v) is 3.09. The summed E-state index contributed by atoms with van der Waals surface area (Å²) in [5.74, 6) is -0.350. The minimum atomic E-state index is -1.02. The number of hydrogen-bond acceptors (Lipinski definition) is 5. The maximum Gasteiger partial charge on any atom is 0.356 e. The molecule has 1 aliphatic rings. The van der Waals surface area contributed by atoms with Gasteiger partial charge in [-0.1, -0.05) is 13.8 Å². The highest BCUT2D eigenvalue weighted by Gasteiger charge is 2.24. The fourth-order valence-electron chi connectivity index (χ4n) is 2.09. The topological polar surface area (TPSA) is 75.6 Å². The van der Waals surface area contributed by atoms with E-state index in [0.717, 1.165) is 0 Å². The molecule has 0 aliphatic carbocycles. The van der Waals surface area contributed by atoms with Gasteiger partial charge >= 0.3 is 5.97 Å². The van der Waals surface area contributed by atoms with Crippen LogP contribution in [0.3, 0.4) is 0 Å². The molecule has 1 saturated heterocycles. The number of aromatic nitrogens is 2. The Morgan fingerprint density at radius 2 is 2.32 bits per heavy atom. The normalized spacial score (nSPS) is 19.8. The maximum absolute atomic E-state index is 11.4. The molecular formula is C13H19N3O3. The highest BCUT2D eigenvalue weighted by atomic mass is 16.5. The van der Waals surface area contributed by atoms with Crippen LogP contribution in [0.1, 0.15) is 43.0 Å². The summed E-state index contributed by atoms with van der Waals surface area (Å²) in [5, 5.41) is 9.32. The molecule has 6 heteroatoms. The second-order valence-corrected chi connectivity index (χ2v) is 5.05. The Labute approximate surface area is 112 Å². The van der Waals surface area contributed by atoms with E-state index in [4.69, 9.17) is 4.74 Å². The van der Waals surface area contributed by atoms with Crippen LogP contribution in [0.2, 0.25) is 0 Å².